The Bertz CT molecular complexity index is 1110. The van der Waals surface area contributed by atoms with Crippen LogP contribution in [0.3, 0.4) is 0 Å². The molecular formula is C21H19N3O4S. The maximum atomic E-state index is 13.2. The molecule has 8 heteroatoms. The minimum atomic E-state index is -3.73. The second-order valence-corrected chi connectivity index (χ2v) is 8.47. The minimum absolute atomic E-state index is 0.113. The van der Waals surface area contributed by atoms with E-state index in [1.54, 1.807) is 66.9 Å². The van der Waals surface area contributed by atoms with Gasteiger partial charge in [0.05, 0.1) is 29.9 Å². The van der Waals surface area contributed by atoms with Crippen molar-refractivity contribution in [2.24, 2.45) is 0 Å². The summed E-state index contributed by atoms with van der Waals surface area (Å²) >= 11 is 0. The van der Waals surface area contributed by atoms with Gasteiger partial charge in [-0.3, -0.25) is 14.1 Å². The molecule has 1 N–H and O–H groups in total. The number of pyridine rings is 1. The number of para-hydroxylation sites is 2. The SMILES string of the molecule is O=C(Nc1cccnc1)C1CN(S(=O)(=O)Cc2ccccc2)c2ccccc2O1. The Balaban J connectivity index is 1.62. The predicted molar refractivity (Wildman–Crippen MR) is 110 cm³/mol. The van der Waals surface area contributed by atoms with Crippen LogP contribution in [0, 0.1) is 0 Å². The lowest BCUT2D eigenvalue weighted by molar-refractivity contribution is -0.122. The van der Waals surface area contributed by atoms with Crippen molar-refractivity contribution in [1.82, 2.24) is 4.98 Å². The number of carbonyl (C=O) groups is 1. The molecule has 3 aromatic rings. The number of hydrogen-bond acceptors (Lipinski definition) is 5. The number of nitrogens with zero attached hydrogens (tertiary/aromatic N) is 2. The zero-order chi connectivity index (χ0) is 20.3. The molecule has 0 spiro atoms. The molecule has 1 unspecified atom stereocenters. The highest BCUT2D eigenvalue weighted by molar-refractivity contribution is 7.92. The zero-order valence-corrected chi connectivity index (χ0v) is 16.2. The van der Waals surface area contributed by atoms with Crippen molar-refractivity contribution in [1.29, 1.82) is 0 Å². The van der Waals surface area contributed by atoms with Gasteiger partial charge in [-0.1, -0.05) is 42.5 Å². The van der Waals surface area contributed by atoms with Crippen LogP contribution in [0.5, 0.6) is 5.75 Å². The highest BCUT2D eigenvalue weighted by Gasteiger charge is 2.36. The van der Waals surface area contributed by atoms with Crippen LogP contribution in [0.2, 0.25) is 0 Å². The van der Waals surface area contributed by atoms with Crippen LogP contribution in [0.4, 0.5) is 11.4 Å². The summed E-state index contributed by atoms with van der Waals surface area (Å²) in [5, 5.41) is 2.72. The van der Waals surface area contributed by atoms with Gasteiger partial charge in [-0.05, 0) is 29.8 Å². The lowest BCUT2D eigenvalue weighted by atomic mass is 10.2. The molecule has 1 aliphatic rings. The zero-order valence-electron chi connectivity index (χ0n) is 15.4. The topological polar surface area (TPSA) is 88.6 Å². The fourth-order valence-corrected chi connectivity index (χ4v) is 4.71. The Morgan fingerprint density at radius 1 is 1.07 bits per heavy atom. The third-order valence-electron chi connectivity index (χ3n) is 4.48. The number of rotatable bonds is 5. The fraction of sp³-hybridized carbons (Fsp3) is 0.143. The molecule has 148 valence electrons. The van der Waals surface area contributed by atoms with Gasteiger partial charge in [0.15, 0.2) is 6.10 Å². The molecule has 1 atom stereocenters. The van der Waals surface area contributed by atoms with Crippen LogP contribution in [-0.2, 0) is 20.6 Å². The van der Waals surface area contributed by atoms with Crippen LogP contribution in [-0.4, -0.2) is 32.0 Å². The van der Waals surface area contributed by atoms with Gasteiger partial charge in [-0.15, -0.1) is 0 Å². The van der Waals surface area contributed by atoms with Crippen LogP contribution in [0.15, 0.2) is 79.1 Å². The summed E-state index contributed by atoms with van der Waals surface area (Å²) in [6, 6.07) is 19.1. The Kier molecular flexibility index (Phi) is 5.18. The highest BCUT2D eigenvalue weighted by atomic mass is 32.2. The normalized spacial score (nSPS) is 15.9. The quantitative estimate of drug-likeness (QED) is 0.700. The molecule has 29 heavy (non-hydrogen) atoms. The summed E-state index contributed by atoms with van der Waals surface area (Å²) < 4.78 is 33.4. The van der Waals surface area contributed by atoms with Crippen molar-refractivity contribution < 1.29 is 17.9 Å². The smallest absolute Gasteiger partial charge is 0.267 e. The van der Waals surface area contributed by atoms with E-state index in [1.807, 2.05) is 6.07 Å². The van der Waals surface area contributed by atoms with Gasteiger partial charge in [0.1, 0.15) is 5.75 Å². The summed E-state index contributed by atoms with van der Waals surface area (Å²) in [5.41, 5.74) is 1.61. The molecule has 2 heterocycles. The Morgan fingerprint density at radius 2 is 1.83 bits per heavy atom. The molecular weight excluding hydrogens is 390 g/mol. The van der Waals surface area contributed by atoms with E-state index < -0.39 is 22.0 Å². The Hall–Kier alpha value is -3.39. The molecule has 0 saturated heterocycles. The molecule has 2 aromatic carbocycles. The monoisotopic (exact) mass is 409 g/mol. The molecule has 1 aromatic heterocycles. The molecule has 1 aliphatic heterocycles. The van der Waals surface area contributed by atoms with Crippen LogP contribution >= 0.6 is 0 Å². The average molecular weight is 409 g/mol. The van der Waals surface area contributed by atoms with Gasteiger partial charge in [-0.25, -0.2) is 8.42 Å². The lowest BCUT2D eigenvalue weighted by Crippen LogP contribution is -2.49. The summed E-state index contributed by atoms with van der Waals surface area (Å²) in [4.78, 5) is 16.7. The maximum absolute atomic E-state index is 13.2. The Morgan fingerprint density at radius 3 is 2.59 bits per heavy atom. The number of sulfonamides is 1. The number of nitrogens with one attached hydrogen (secondary N) is 1. The first kappa shape index (κ1) is 18.9. The number of carbonyl (C=O) groups excluding carboxylic acids is 1. The summed E-state index contributed by atoms with van der Waals surface area (Å²) in [5.74, 6) is -0.256. The number of anilines is 2. The van der Waals surface area contributed by atoms with Gasteiger partial charge in [-0.2, -0.15) is 0 Å². The van der Waals surface area contributed by atoms with Gasteiger partial charge >= 0.3 is 0 Å². The lowest BCUT2D eigenvalue weighted by Gasteiger charge is -2.34. The summed E-state index contributed by atoms with van der Waals surface area (Å²) in [7, 11) is -3.73. The molecule has 0 bridgehead atoms. The second kappa shape index (κ2) is 7.92. The first-order valence-electron chi connectivity index (χ1n) is 9.04. The second-order valence-electron chi connectivity index (χ2n) is 6.58. The number of hydrogen-bond donors (Lipinski definition) is 1. The summed E-state index contributed by atoms with van der Waals surface area (Å²) in [6.07, 6.45) is 2.12. The molecule has 0 saturated carbocycles. The number of aromatic nitrogens is 1. The van der Waals surface area contributed by atoms with Gasteiger partial charge in [0.2, 0.25) is 10.0 Å². The van der Waals surface area contributed by atoms with Crippen molar-refractivity contribution in [3.05, 3.63) is 84.7 Å². The summed E-state index contributed by atoms with van der Waals surface area (Å²) in [6.45, 7) is -0.113. The highest BCUT2D eigenvalue weighted by Crippen LogP contribution is 2.36. The molecule has 7 nitrogen and oxygen atoms in total. The molecule has 0 aliphatic carbocycles. The average Bonchev–Trinajstić information content (AvgIpc) is 2.74. The minimum Gasteiger partial charge on any atom is -0.476 e. The van der Waals surface area contributed by atoms with Crippen molar-refractivity contribution in [2.45, 2.75) is 11.9 Å². The van der Waals surface area contributed by atoms with Crippen LogP contribution in [0.25, 0.3) is 0 Å². The number of amides is 1. The van der Waals surface area contributed by atoms with E-state index in [-0.39, 0.29) is 12.3 Å². The van der Waals surface area contributed by atoms with E-state index in [0.717, 1.165) is 0 Å². The predicted octanol–water partition coefficient (Wildman–Crippen LogP) is 2.82. The standard InChI is InChI=1S/C21H19N3O4S/c25-21(23-17-9-6-12-22-13-17)20-14-24(18-10-4-5-11-19(18)28-20)29(26,27)15-16-7-2-1-3-8-16/h1-13,20H,14-15H2,(H,23,25). The molecule has 4 rings (SSSR count). The van der Waals surface area contributed by atoms with Crippen molar-refractivity contribution >= 4 is 27.3 Å². The third kappa shape index (κ3) is 4.22. The number of ether oxygens (including phenoxy) is 1. The van der Waals surface area contributed by atoms with E-state index in [1.165, 1.54) is 10.5 Å². The fourth-order valence-electron chi connectivity index (χ4n) is 3.12. The van der Waals surface area contributed by atoms with Crippen molar-refractivity contribution in [3.63, 3.8) is 0 Å². The van der Waals surface area contributed by atoms with Crippen LogP contribution in [0.1, 0.15) is 5.56 Å². The number of benzene rings is 2. The van der Waals surface area contributed by atoms with Gasteiger partial charge in [0, 0.05) is 6.20 Å². The van der Waals surface area contributed by atoms with E-state index in [9.17, 15) is 13.2 Å². The maximum Gasteiger partial charge on any atom is 0.267 e. The first-order chi connectivity index (χ1) is 14.0. The van der Waals surface area contributed by atoms with E-state index in [4.69, 9.17) is 4.74 Å². The van der Waals surface area contributed by atoms with E-state index >= 15 is 0 Å². The molecule has 0 radical (unpaired) electrons. The van der Waals surface area contributed by atoms with E-state index in [0.29, 0.717) is 22.7 Å². The van der Waals surface area contributed by atoms with Gasteiger partial charge in [0.25, 0.3) is 5.91 Å². The van der Waals surface area contributed by atoms with Crippen molar-refractivity contribution in [2.75, 3.05) is 16.2 Å². The largest absolute Gasteiger partial charge is 0.476 e. The van der Waals surface area contributed by atoms with Gasteiger partial charge < -0.3 is 10.1 Å². The van der Waals surface area contributed by atoms with E-state index in [2.05, 4.69) is 10.3 Å². The Labute approximate surface area is 169 Å². The van der Waals surface area contributed by atoms with Crippen LogP contribution < -0.4 is 14.4 Å². The van der Waals surface area contributed by atoms with Crippen molar-refractivity contribution in [3.8, 4) is 5.75 Å². The number of fused-ring (bicyclic) bond motifs is 1. The third-order valence-corrected chi connectivity index (χ3v) is 6.20. The first-order valence-corrected chi connectivity index (χ1v) is 10.6. The molecule has 0 fully saturated rings. The molecule has 1 amide bonds.